The highest BCUT2D eigenvalue weighted by molar-refractivity contribution is 5.89. The normalized spacial score (nSPS) is 9.96. The number of unbranched alkanes of at least 4 members (excludes halogenated alkanes) is 2. The van der Waals surface area contributed by atoms with Crippen molar-refractivity contribution in [2.24, 2.45) is 0 Å². The van der Waals surface area contributed by atoms with E-state index in [0.717, 1.165) is 37.8 Å². The molecule has 1 aromatic rings. The lowest BCUT2D eigenvalue weighted by atomic mass is 10.2. The number of H-pyrrole nitrogens is 1. The standard InChI is InChI=1S/C12H21N3O2.C4H4O4/c1-2-3-4-7-14-12(16)17-8-5-6-11-9-13-10-15-11;5-3(6)1-2-4(7)8/h9-10H,2-8H2,1H3,(H,13,15)(H,14,16);1-2H,(H,5,6)(H,7,8)/b;2-1+. The number of nitrogens with one attached hydrogen (secondary N) is 2. The summed E-state index contributed by atoms with van der Waals surface area (Å²) in [6.07, 6.45) is 9.20. The van der Waals surface area contributed by atoms with Gasteiger partial charge in [-0.3, -0.25) is 0 Å². The molecule has 0 saturated heterocycles. The highest BCUT2D eigenvalue weighted by Gasteiger charge is 2.01. The molecular weight excluding hydrogens is 330 g/mol. The van der Waals surface area contributed by atoms with Gasteiger partial charge in [-0.15, -0.1) is 0 Å². The molecule has 0 unspecified atom stereocenters. The third-order valence-electron chi connectivity index (χ3n) is 2.80. The van der Waals surface area contributed by atoms with Crippen molar-refractivity contribution < 1.29 is 29.3 Å². The molecule has 1 amide bonds. The molecule has 140 valence electrons. The minimum atomic E-state index is -1.26. The summed E-state index contributed by atoms with van der Waals surface area (Å²) in [7, 11) is 0. The molecule has 0 saturated carbocycles. The Morgan fingerprint density at radius 3 is 2.40 bits per heavy atom. The van der Waals surface area contributed by atoms with Gasteiger partial charge in [0.05, 0.1) is 12.9 Å². The molecule has 9 nitrogen and oxygen atoms in total. The SMILES string of the molecule is CCCCCNC(=O)OCCCc1cnc[nH]1.O=C(O)/C=C/C(=O)O. The molecule has 1 heterocycles. The minimum absolute atomic E-state index is 0.314. The fourth-order valence-electron chi connectivity index (χ4n) is 1.61. The largest absolute Gasteiger partial charge is 0.478 e. The predicted molar refractivity (Wildman–Crippen MR) is 90.2 cm³/mol. The number of nitrogens with zero attached hydrogens (tertiary/aromatic N) is 1. The predicted octanol–water partition coefficient (Wildman–Crippen LogP) is 1.97. The van der Waals surface area contributed by atoms with Crippen LogP contribution in [0.3, 0.4) is 0 Å². The van der Waals surface area contributed by atoms with Crippen LogP contribution < -0.4 is 5.32 Å². The van der Waals surface area contributed by atoms with Crippen LogP contribution in [-0.4, -0.2) is 51.4 Å². The molecule has 25 heavy (non-hydrogen) atoms. The molecule has 0 aliphatic carbocycles. The summed E-state index contributed by atoms with van der Waals surface area (Å²) in [4.78, 5) is 37.2. The van der Waals surface area contributed by atoms with Crippen LogP contribution in [0.1, 0.15) is 38.3 Å². The molecule has 0 radical (unpaired) electrons. The van der Waals surface area contributed by atoms with Crippen LogP contribution in [0.5, 0.6) is 0 Å². The zero-order chi connectivity index (χ0) is 18.9. The number of rotatable bonds is 10. The maximum Gasteiger partial charge on any atom is 0.407 e. The lowest BCUT2D eigenvalue weighted by molar-refractivity contribution is -0.134. The summed E-state index contributed by atoms with van der Waals surface area (Å²) in [6, 6.07) is 0. The van der Waals surface area contributed by atoms with Gasteiger partial charge in [-0.05, 0) is 19.3 Å². The molecule has 0 aliphatic heterocycles. The fourth-order valence-corrected chi connectivity index (χ4v) is 1.61. The van der Waals surface area contributed by atoms with E-state index in [4.69, 9.17) is 14.9 Å². The number of carboxylic acid groups (broad SMARTS) is 2. The zero-order valence-corrected chi connectivity index (χ0v) is 14.2. The van der Waals surface area contributed by atoms with Crippen molar-refractivity contribution in [1.29, 1.82) is 0 Å². The average molecular weight is 355 g/mol. The van der Waals surface area contributed by atoms with Gasteiger partial charge in [0.15, 0.2) is 0 Å². The number of aromatic amines is 1. The Kier molecular flexibility index (Phi) is 13.1. The Hall–Kier alpha value is -2.84. The number of ether oxygens (including phenoxy) is 1. The first-order valence-corrected chi connectivity index (χ1v) is 7.97. The van der Waals surface area contributed by atoms with E-state index < -0.39 is 11.9 Å². The van der Waals surface area contributed by atoms with Gasteiger partial charge in [0, 0.05) is 30.6 Å². The van der Waals surface area contributed by atoms with E-state index in [1.54, 1.807) is 12.5 Å². The number of aromatic nitrogens is 2. The Morgan fingerprint density at radius 2 is 1.88 bits per heavy atom. The fraction of sp³-hybridized carbons (Fsp3) is 0.500. The molecule has 0 aliphatic rings. The molecule has 4 N–H and O–H groups in total. The third kappa shape index (κ3) is 15.8. The van der Waals surface area contributed by atoms with Gasteiger partial charge in [-0.1, -0.05) is 19.8 Å². The van der Waals surface area contributed by atoms with Crippen molar-refractivity contribution in [3.05, 3.63) is 30.4 Å². The lowest BCUT2D eigenvalue weighted by Crippen LogP contribution is -2.25. The highest BCUT2D eigenvalue weighted by atomic mass is 16.5. The highest BCUT2D eigenvalue weighted by Crippen LogP contribution is 1.97. The van der Waals surface area contributed by atoms with Crippen molar-refractivity contribution >= 4 is 18.0 Å². The van der Waals surface area contributed by atoms with Gasteiger partial charge in [-0.2, -0.15) is 0 Å². The van der Waals surface area contributed by atoms with Crippen molar-refractivity contribution in [2.45, 2.75) is 39.0 Å². The number of hydrogen-bond donors (Lipinski definition) is 4. The first-order valence-electron chi connectivity index (χ1n) is 7.97. The maximum atomic E-state index is 11.2. The number of carboxylic acids is 2. The summed E-state index contributed by atoms with van der Waals surface area (Å²) in [5, 5.41) is 18.4. The van der Waals surface area contributed by atoms with Crippen LogP contribution in [0.2, 0.25) is 0 Å². The van der Waals surface area contributed by atoms with Crippen molar-refractivity contribution in [1.82, 2.24) is 15.3 Å². The zero-order valence-electron chi connectivity index (χ0n) is 14.2. The van der Waals surface area contributed by atoms with E-state index in [0.29, 0.717) is 25.3 Å². The number of carbonyl (C=O) groups is 3. The Morgan fingerprint density at radius 1 is 1.20 bits per heavy atom. The van der Waals surface area contributed by atoms with Crippen molar-refractivity contribution in [3.8, 4) is 0 Å². The van der Waals surface area contributed by atoms with Gasteiger partial charge in [0.1, 0.15) is 0 Å². The average Bonchev–Trinajstić information content (AvgIpc) is 3.08. The topological polar surface area (TPSA) is 142 Å². The van der Waals surface area contributed by atoms with Crippen LogP contribution in [0, 0.1) is 0 Å². The van der Waals surface area contributed by atoms with Gasteiger partial charge in [0.2, 0.25) is 0 Å². The molecular formula is C16H25N3O6. The second-order valence-electron chi connectivity index (χ2n) is 4.96. The van der Waals surface area contributed by atoms with E-state index in [9.17, 15) is 14.4 Å². The number of aryl methyl sites for hydroxylation is 1. The first kappa shape index (κ1) is 22.2. The number of aliphatic carboxylic acids is 2. The lowest BCUT2D eigenvalue weighted by Gasteiger charge is -2.06. The van der Waals surface area contributed by atoms with Crippen LogP contribution in [-0.2, 0) is 20.7 Å². The quantitative estimate of drug-likeness (QED) is 0.371. The summed E-state index contributed by atoms with van der Waals surface area (Å²) in [5.41, 5.74) is 1.07. The van der Waals surface area contributed by atoms with Crippen molar-refractivity contribution in [2.75, 3.05) is 13.2 Å². The number of hydrogen-bond acceptors (Lipinski definition) is 5. The van der Waals surface area contributed by atoms with Crippen LogP contribution in [0.4, 0.5) is 4.79 Å². The van der Waals surface area contributed by atoms with E-state index >= 15 is 0 Å². The Balaban J connectivity index is 0.000000609. The summed E-state index contributed by atoms with van der Waals surface area (Å²) in [5.74, 6) is -2.51. The summed E-state index contributed by atoms with van der Waals surface area (Å²) in [6.45, 7) is 3.28. The van der Waals surface area contributed by atoms with Gasteiger partial charge >= 0.3 is 18.0 Å². The smallest absolute Gasteiger partial charge is 0.407 e. The van der Waals surface area contributed by atoms with E-state index in [1.807, 2.05) is 0 Å². The minimum Gasteiger partial charge on any atom is -0.478 e. The molecule has 0 spiro atoms. The number of amides is 1. The Bertz CT molecular complexity index is 512. The van der Waals surface area contributed by atoms with Crippen LogP contribution in [0.25, 0.3) is 0 Å². The number of alkyl carbamates (subject to hydrolysis) is 1. The molecule has 9 heteroatoms. The van der Waals surface area contributed by atoms with E-state index in [1.165, 1.54) is 0 Å². The molecule has 0 atom stereocenters. The van der Waals surface area contributed by atoms with E-state index in [-0.39, 0.29) is 6.09 Å². The second-order valence-corrected chi connectivity index (χ2v) is 4.96. The first-order chi connectivity index (χ1) is 12.0. The summed E-state index contributed by atoms with van der Waals surface area (Å²) >= 11 is 0. The molecule has 0 aromatic carbocycles. The molecule has 0 bridgehead atoms. The Labute approximate surface area is 146 Å². The maximum absolute atomic E-state index is 11.2. The monoisotopic (exact) mass is 355 g/mol. The molecule has 1 rings (SSSR count). The van der Waals surface area contributed by atoms with Gasteiger partial charge < -0.3 is 25.3 Å². The third-order valence-corrected chi connectivity index (χ3v) is 2.80. The van der Waals surface area contributed by atoms with Gasteiger partial charge in [0.25, 0.3) is 0 Å². The van der Waals surface area contributed by atoms with E-state index in [2.05, 4.69) is 22.2 Å². The van der Waals surface area contributed by atoms with Crippen LogP contribution >= 0.6 is 0 Å². The van der Waals surface area contributed by atoms with Crippen LogP contribution in [0.15, 0.2) is 24.7 Å². The second kappa shape index (κ2) is 14.7. The molecule has 1 aromatic heterocycles. The molecule has 0 fully saturated rings. The number of carbonyl (C=O) groups excluding carboxylic acids is 1. The van der Waals surface area contributed by atoms with Gasteiger partial charge in [-0.25, -0.2) is 19.4 Å². The van der Waals surface area contributed by atoms with Crippen molar-refractivity contribution in [3.63, 3.8) is 0 Å². The summed E-state index contributed by atoms with van der Waals surface area (Å²) < 4.78 is 5.04. The number of imidazole rings is 1.